The van der Waals surface area contributed by atoms with Gasteiger partial charge in [0.1, 0.15) is 12.0 Å². The van der Waals surface area contributed by atoms with E-state index in [0.717, 1.165) is 18.0 Å². The molecule has 0 aliphatic rings. The molecule has 0 atom stereocenters. The summed E-state index contributed by atoms with van der Waals surface area (Å²) in [5.74, 6) is 0.915. The van der Waals surface area contributed by atoms with Crippen LogP contribution in [0.3, 0.4) is 0 Å². The van der Waals surface area contributed by atoms with Gasteiger partial charge in [0.15, 0.2) is 5.82 Å². The van der Waals surface area contributed by atoms with Crippen molar-refractivity contribution in [3.8, 4) is 0 Å². The number of fused-ring (bicyclic) bond motifs is 1. The molecule has 0 saturated carbocycles. The van der Waals surface area contributed by atoms with Gasteiger partial charge in [-0.05, 0) is 24.7 Å². The second-order valence-electron chi connectivity index (χ2n) is 4.55. The summed E-state index contributed by atoms with van der Waals surface area (Å²) in [5.41, 5.74) is 2.23. The Morgan fingerprint density at radius 2 is 2.26 bits per heavy atom. The summed E-state index contributed by atoms with van der Waals surface area (Å²) in [6.07, 6.45) is 5.66. The van der Waals surface area contributed by atoms with Crippen molar-refractivity contribution in [2.24, 2.45) is 7.05 Å². The molecular weight excluding hydrogens is 240 g/mol. The molecule has 3 aromatic heterocycles. The van der Waals surface area contributed by atoms with Crippen LogP contribution in [0.15, 0.2) is 30.9 Å². The van der Waals surface area contributed by atoms with Crippen LogP contribution >= 0.6 is 0 Å². The summed E-state index contributed by atoms with van der Waals surface area (Å²) < 4.78 is 4.04. The van der Waals surface area contributed by atoms with Crippen LogP contribution in [-0.2, 0) is 20.1 Å². The van der Waals surface area contributed by atoms with E-state index in [1.165, 1.54) is 10.9 Å². The first-order chi connectivity index (χ1) is 9.29. The SMILES string of the molecule is CNCc1cn(Cc2nncn2C)c2ncccc12. The summed E-state index contributed by atoms with van der Waals surface area (Å²) in [7, 11) is 3.89. The molecule has 0 amide bonds. The zero-order chi connectivity index (χ0) is 13.2. The maximum atomic E-state index is 4.47. The Bertz CT molecular complexity index is 696. The quantitative estimate of drug-likeness (QED) is 0.754. The van der Waals surface area contributed by atoms with E-state index < -0.39 is 0 Å². The van der Waals surface area contributed by atoms with Gasteiger partial charge in [-0.3, -0.25) is 0 Å². The van der Waals surface area contributed by atoms with E-state index in [4.69, 9.17) is 0 Å². The van der Waals surface area contributed by atoms with Crippen molar-refractivity contribution >= 4 is 11.0 Å². The third kappa shape index (κ3) is 2.10. The van der Waals surface area contributed by atoms with Gasteiger partial charge in [0, 0.05) is 31.4 Å². The lowest BCUT2D eigenvalue weighted by molar-refractivity contribution is 0.707. The van der Waals surface area contributed by atoms with Crippen molar-refractivity contribution in [1.82, 2.24) is 29.6 Å². The van der Waals surface area contributed by atoms with Crippen LogP contribution < -0.4 is 5.32 Å². The number of hydrogen-bond acceptors (Lipinski definition) is 4. The fraction of sp³-hybridized carbons (Fsp3) is 0.308. The molecule has 0 bridgehead atoms. The molecular formula is C13H16N6. The van der Waals surface area contributed by atoms with Gasteiger partial charge in [-0.15, -0.1) is 10.2 Å². The molecule has 3 heterocycles. The van der Waals surface area contributed by atoms with Crippen LogP contribution in [0.1, 0.15) is 11.4 Å². The maximum absolute atomic E-state index is 4.47. The summed E-state index contributed by atoms with van der Waals surface area (Å²) in [5, 5.41) is 12.4. The van der Waals surface area contributed by atoms with Crippen molar-refractivity contribution in [2.45, 2.75) is 13.1 Å². The van der Waals surface area contributed by atoms with E-state index in [0.29, 0.717) is 6.54 Å². The smallest absolute Gasteiger partial charge is 0.152 e. The largest absolute Gasteiger partial charge is 0.325 e. The van der Waals surface area contributed by atoms with E-state index in [9.17, 15) is 0 Å². The highest BCUT2D eigenvalue weighted by Gasteiger charge is 2.10. The fourth-order valence-corrected chi connectivity index (χ4v) is 2.25. The Kier molecular flexibility index (Phi) is 3.00. The van der Waals surface area contributed by atoms with Crippen molar-refractivity contribution in [3.05, 3.63) is 42.2 Å². The molecule has 0 unspecified atom stereocenters. The molecule has 0 aliphatic carbocycles. The second kappa shape index (κ2) is 4.81. The van der Waals surface area contributed by atoms with Gasteiger partial charge in [0.25, 0.3) is 0 Å². The maximum Gasteiger partial charge on any atom is 0.152 e. The van der Waals surface area contributed by atoms with Gasteiger partial charge in [-0.25, -0.2) is 4.98 Å². The molecule has 0 fully saturated rings. The van der Waals surface area contributed by atoms with Crippen LogP contribution in [0.5, 0.6) is 0 Å². The Morgan fingerprint density at radius 1 is 1.37 bits per heavy atom. The molecule has 6 nitrogen and oxygen atoms in total. The van der Waals surface area contributed by atoms with Crippen molar-refractivity contribution in [3.63, 3.8) is 0 Å². The van der Waals surface area contributed by atoms with Crippen LogP contribution in [0.2, 0.25) is 0 Å². The third-order valence-corrected chi connectivity index (χ3v) is 3.20. The van der Waals surface area contributed by atoms with Crippen LogP contribution in [-0.4, -0.2) is 31.4 Å². The first-order valence-electron chi connectivity index (χ1n) is 6.20. The minimum atomic E-state index is 0.674. The van der Waals surface area contributed by atoms with Gasteiger partial charge in [-0.2, -0.15) is 0 Å². The fourth-order valence-electron chi connectivity index (χ4n) is 2.25. The highest BCUT2D eigenvalue weighted by atomic mass is 15.3. The number of nitrogens with zero attached hydrogens (tertiary/aromatic N) is 5. The average Bonchev–Trinajstić information content (AvgIpc) is 2.97. The minimum Gasteiger partial charge on any atom is -0.325 e. The standard InChI is InChI=1S/C13H16N6/c1-14-6-10-7-19(8-12-17-16-9-18(12)2)13-11(10)4-3-5-15-13/h3-5,7,9,14H,6,8H2,1-2H3. The van der Waals surface area contributed by atoms with E-state index in [-0.39, 0.29) is 0 Å². The van der Waals surface area contributed by atoms with Gasteiger partial charge in [0.05, 0.1) is 6.54 Å². The molecule has 1 N–H and O–H groups in total. The number of hydrogen-bond donors (Lipinski definition) is 1. The summed E-state index contributed by atoms with van der Waals surface area (Å²) in [6.45, 7) is 1.50. The Hall–Kier alpha value is -2.21. The molecule has 3 rings (SSSR count). The van der Waals surface area contributed by atoms with Crippen LogP contribution in [0.25, 0.3) is 11.0 Å². The molecule has 0 radical (unpaired) electrons. The zero-order valence-corrected chi connectivity index (χ0v) is 11.0. The van der Waals surface area contributed by atoms with Crippen LogP contribution in [0, 0.1) is 0 Å². The predicted octanol–water partition coefficient (Wildman–Crippen LogP) is 0.932. The molecule has 0 aromatic carbocycles. The molecule has 0 aliphatic heterocycles. The van der Waals surface area contributed by atoms with Crippen molar-refractivity contribution in [2.75, 3.05) is 7.05 Å². The number of rotatable bonds is 4. The van der Waals surface area contributed by atoms with Gasteiger partial charge < -0.3 is 14.5 Å². The monoisotopic (exact) mass is 256 g/mol. The van der Waals surface area contributed by atoms with Gasteiger partial charge in [0.2, 0.25) is 0 Å². The normalized spacial score (nSPS) is 11.3. The Morgan fingerprint density at radius 3 is 3.00 bits per heavy atom. The lowest BCUT2D eigenvalue weighted by Gasteiger charge is -2.03. The third-order valence-electron chi connectivity index (χ3n) is 3.20. The molecule has 6 heteroatoms. The first-order valence-corrected chi connectivity index (χ1v) is 6.20. The van der Waals surface area contributed by atoms with E-state index >= 15 is 0 Å². The number of pyridine rings is 1. The lowest BCUT2D eigenvalue weighted by atomic mass is 10.2. The van der Waals surface area contributed by atoms with Gasteiger partial charge in [-0.1, -0.05) is 0 Å². The number of nitrogens with one attached hydrogen (secondary N) is 1. The molecule has 0 saturated heterocycles. The highest BCUT2D eigenvalue weighted by molar-refractivity contribution is 5.80. The zero-order valence-electron chi connectivity index (χ0n) is 11.0. The molecule has 19 heavy (non-hydrogen) atoms. The number of aromatic nitrogens is 5. The van der Waals surface area contributed by atoms with Crippen LogP contribution in [0.4, 0.5) is 0 Å². The summed E-state index contributed by atoms with van der Waals surface area (Å²) in [6, 6.07) is 4.07. The Balaban J connectivity index is 2.06. The second-order valence-corrected chi connectivity index (χ2v) is 4.55. The molecule has 0 spiro atoms. The topological polar surface area (TPSA) is 60.6 Å². The Labute approximate surface area is 111 Å². The number of aryl methyl sites for hydroxylation is 1. The van der Waals surface area contributed by atoms with E-state index in [2.05, 4.69) is 37.3 Å². The molecule has 98 valence electrons. The van der Waals surface area contributed by atoms with E-state index in [1.807, 2.05) is 30.9 Å². The van der Waals surface area contributed by atoms with Gasteiger partial charge >= 0.3 is 0 Å². The van der Waals surface area contributed by atoms with Crippen molar-refractivity contribution in [1.29, 1.82) is 0 Å². The highest BCUT2D eigenvalue weighted by Crippen LogP contribution is 2.19. The lowest BCUT2D eigenvalue weighted by Crippen LogP contribution is -2.06. The minimum absolute atomic E-state index is 0.674. The first kappa shape index (κ1) is 11.9. The molecule has 3 aromatic rings. The average molecular weight is 256 g/mol. The predicted molar refractivity (Wildman–Crippen MR) is 72.6 cm³/mol. The summed E-state index contributed by atoms with van der Waals surface area (Å²) >= 11 is 0. The van der Waals surface area contributed by atoms with E-state index in [1.54, 1.807) is 6.33 Å². The van der Waals surface area contributed by atoms with Crippen molar-refractivity contribution < 1.29 is 0 Å². The summed E-state index contributed by atoms with van der Waals surface area (Å²) in [4.78, 5) is 4.47.